The molecule has 0 unspecified atom stereocenters. The number of rotatable bonds is 8. The summed E-state index contributed by atoms with van der Waals surface area (Å²) in [5, 5.41) is 11.3. The third-order valence-corrected chi connectivity index (χ3v) is 7.55. The van der Waals surface area contributed by atoms with Crippen LogP contribution in [0.25, 0.3) is 0 Å². The highest BCUT2D eigenvalue weighted by molar-refractivity contribution is 8.04. The smallest absolute Gasteiger partial charge is 0.414 e. The molecular formula is C20H23Cl3N4O8S. The van der Waals surface area contributed by atoms with Crippen LogP contribution in [0.4, 0.5) is 4.79 Å². The van der Waals surface area contributed by atoms with Crippen LogP contribution in [-0.4, -0.2) is 91.8 Å². The molecule has 3 aliphatic rings. The topological polar surface area (TPSA) is 169 Å². The molecule has 0 bridgehead atoms. The first-order valence-corrected chi connectivity index (χ1v) is 12.6. The first-order chi connectivity index (χ1) is 16.8. The van der Waals surface area contributed by atoms with Crippen LogP contribution < -0.4 is 11.1 Å². The number of primary amides is 1. The quantitative estimate of drug-likeness (QED) is 0.157. The highest BCUT2D eigenvalue weighted by Gasteiger charge is 2.58. The van der Waals surface area contributed by atoms with Gasteiger partial charge in [-0.1, -0.05) is 47.5 Å². The van der Waals surface area contributed by atoms with Crippen LogP contribution in [0.1, 0.15) is 13.3 Å². The van der Waals surface area contributed by atoms with Crippen molar-refractivity contribution < 1.29 is 38.6 Å². The van der Waals surface area contributed by atoms with Gasteiger partial charge in [-0.3, -0.25) is 29.5 Å². The number of aliphatic hydroxyl groups is 1. The van der Waals surface area contributed by atoms with E-state index < -0.39 is 63.1 Å². The molecule has 16 heteroatoms. The molecule has 5 atom stereocenters. The third-order valence-electron chi connectivity index (χ3n) is 5.68. The summed E-state index contributed by atoms with van der Waals surface area (Å²) in [5.74, 6) is -3.82. The number of nitrogens with one attached hydrogen (secondary N) is 1. The van der Waals surface area contributed by atoms with Gasteiger partial charge in [0.15, 0.2) is 0 Å². The molecule has 0 aromatic rings. The molecule has 4 N–H and O–H groups in total. The lowest BCUT2D eigenvalue weighted by atomic mass is 9.92. The van der Waals surface area contributed by atoms with Gasteiger partial charge in [0.05, 0.1) is 18.1 Å². The normalized spacial score (nSPS) is 26.7. The fourth-order valence-corrected chi connectivity index (χ4v) is 5.88. The SMILES string of the molecule is C=CCOC(=O)C1=C(CN2C[C@H](OC(=O)NC(=O)C(Cl)(Cl)Cl)C[C@H]2C(N)=O)S[C@@H]2[C@@H]([C@@H](C)O)C(=O)N12. The van der Waals surface area contributed by atoms with E-state index in [4.69, 9.17) is 50.0 Å². The molecule has 3 heterocycles. The van der Waals surface area contributed by atoms with E-state index >= 15 is 0 Å². The third kappa shape index (κ3) is 5.92. The Morgan fingerprint density at radius 3 is 2.58 bits per heavy atom. The summed E-state index contributed by atoms with van der Waals surface area (Å²) >= 11 is 17.4. The number of amides is 4. The standard InChI is InChI=1S/C20H23Cl3N4O8S/c1-3-4-34-17(31)13-11(36-16-12(8(2)28)15(30)27(13)16)7-26-6-9(5-10(26)14(24)29)35-19(33)25-18(32)20(21,22)23/h3,8-10,12,16,28H,1,4-7H2,2H3,(H2,24,29)(H,25,32,33)/t8-,9-,10+,12+,16-/m1/s1. The zero-order valence-corrected chi connectivity index (χ0v) is 21.9. The van der Waals surface area contributed by atoms with E-state index in [1.54, 1.807) is 10.2 Å². The number of thioether (sulfide) groups is 1. The number of β-lactam (4-membered cyclic amide) rings is 1. The molecule has 2 fully saturated rings. The van der Waals surface area contributed by atoms with Gasteiger partial charge >= 0.3 is 12.1 Å². The number of fused-ring (bicyclic) bond motifs is 1. The Kier molecular flexibility index (Phi) is 8.84. The molecule has 0 aliphatic carbocycles. The molecule has 0 aromatic carbocycles. The Labute approximate surface area is 225 Å². The first kappa shape index (κ1) is 28.5. The molecule has 0 radical (unpaired) electrons. The van der Waals surface area contributed by atoms with Gasteiger partial charge in [0.1, 0.15) is 23.8 Å². The maximum atomic E-state index is 12.8. The number of hydrogen-bond donors (Lipinski definition) is 3. The van der Waals surface area contributed by atoms with Gasteiger partial charge in [-0.2, -0.15) is 0 Å². The summed E-state index contributed by atoms with van der Waals surface area (Å²) in [6, 6.07) is -0.887. The van der Waals surface area contributed by atoms with Crippen LogP contribution >= 0.6 is 46.6 Å². The number of imide groups is 1. The van der Waals surface area contributed by atoms with Crippen LogP contribution in [-0.2, 0) is 28.7 Å². The fourth-order valence-electron chi connectivity index (χ4n) is 4.10. The van der Waals surface area contributed by atoms with Crippen molar-refractivity contribution in [2.75, 3.05) is 19.7 Å². The second-order valence-electron chi connectivity index (χ2n) is 8.20. The van der Waals surface area contributed by atoms with Crippen LogP contribution in [0.3, 0.4) is 0 Å². The molecular weight excluding hydrogens is 563 g/mol. The van der Waals surface area contributed by atoms with Crippen molar-refractivity contribution in [2.24, 2.45) is 11.7 Å². The van der Waals surface area contributed by atoms with E-state index in [2.05, 4.69) is 6.58 Å². The maximum absolute atomic E-state index is 12.8. The van der Waals surface area contributed by atoms with Gasteiger partial charge < -0.3 is 20.3 Å². The second kappa shape index (κ2) is 11.2. The Hall–Kier alpha value is -2.03. The monoisotopic (exact) mass is 584 g/mol. The first-order valence-electron chi connectivity index (χ1n) is 10.6. The molecule has 4 amide bonds. The minimum absolute atomic E-state index is 0.00126. The molecule has 0 spiro atoms. The van der Waals surface area contributed by atoms with E-state index in [-0.39, 0.29) is 31.8 Å². The van der Waals surface area contributed by atoms with Gasteiger partial charge in [-0.25, -0.2) is 9.59 Å². The summed E-state index contributed by atoms with van der Waals surface area (Å²) in [7, 11) is 0. The number of carbonyl (C=O) groups is 5. The zero-order chi connectivity index (χ0) is 26.9. The number of halogens is 3. The Morgan fingerprint density at radius 1 is 1.36 bits per heavy atom. The molecule has 3 rings (SSSR count). The minimum Gasteiger partial charge on any atom is -0.457 e. The zero-order valence-electron chi connectivity index (χ0n) is 18.8. The largest absolute Gasteiger partial charge is 0.457 e. The van der Waals surface area contributed by atoms with Crippen LogP contribution in [0.15, 0.2) is 23.3 Å². The van der Waals surface area contributed by atoms with E-state index in [9.17, 15) is 29.1 Å². The van der Waals surface area contributed by atoms with Gasteiger partial charge in [-0.15, -0.1) is 11.8 Å². The predicted octanol–water partition coefficient (Wildman–Crippen LogP) is 0.391. The lowest BCUT2D eigenvalue weighted by Crippen LogP contribution is -2.60. The number of esters is 1. The lowest BCUT2D eigenvalue weighted by molar-refractivity contribution is -0.158. The van der Waals surface area contributed by atoms with E-state index in [1.165, 1.54) is 29.7 Å². The summed E-state index contributed by atoms with van der Waals surface area (Å²) in [6.45, 7) is 4.90. The van der Waals surface area contributed by atoms with Crippen molar-refractivity contribution in [3.63, 3.8) is 0 Å². The Morgan fingerprint density at radius 2 is 2.03 bits per heavy atom. The highest BCUT2D eigenvalue weighted by Crippen LogP contribution is 2.51. The molecule has 0 saturated carbocycles. The average molecular weight is 586 g/mol. The maximum Gasteiger partial charge on any atom is 0.414 e. The van der Waals surface area contributed by atoms with Crippen LogP contribution in [0.5, 0.6) is 0 Å². The Balaban J connectivity index is 1.77. The summed E-state index contributed by atoms with van der Waals surface area (Å²) < 4.78 is 7.94. The molecule has 3 aliphatic heterocycles. The van der Waals surface area contributed by atoms with Gasteiger partial charge in [0.25, 0.3) is 9.70 Å². The van der Waals surface area contributed by atoms with Crippen molar-refractivity contribution >= 4 is 76.3 Å². The second-order valence-corrected chi connectivity index (χ2v) is 11.7. The predicted molar refractivity (Wildman–Crippen MR) is 129 cm³/mol. The molecule has 36 heavy (non-hydrogen) atoms. The number of ether oxygens (including phenoxy) is 2. The molecule has 12 nitrogen and oxygen atoms in total. The average Bonchev–Trinajstić information content (AvgIpc) is 3.29. The van der Waals surface area contributed by atoms with E-state index in [0.29, 0.717) is 4.91 Å². The van der Waals surface area contributed by atoms with Gasteiger partial charge in [0, 0.05) is 24.4 Å². The number of hydrogen-bond acceptors (Lipinski definition) is 10. The molecule has 2 saturated heterocycles. The lowest BCUT2D eigenvalue weighted by Gasteiger charge is -2.43. The number of likely N-dealkylation sites (tertiary alicyclic amines) is 1. The van der Waals surface area contributed by atoms with E-state index in [0.717, 1.165) is 0 Å². The molecule has 198 valence electrons. The highest BCUT2D eigenvalue weighted by atomic mass is 35.6. The number of carbonyl (C=O) groups excluding carboxylic acids is 5. The van der Waals surface area contributed by atoms with Crippen molar-refractivity contribution in [3.05, 3.63) is 23.3 Å². The number of nitrogens with two attached hydrogens (primary N) is 1. The van der Waals surface area contributed by atoms with Crippen LogP contribution in [0.2, 0.25) is 0 Å². The van der Waals surface area contributed by atoms with Gasteiger partial charge in [0.2, 0.25) is 11.8 Å². The summed E-state index contributed by atoms with van der Waals surface area (Å²) in [6.07, 6.45) is -1.61. The number of aliphatic hydroxyl groups excluding tert-OH is 1. The van der Waals surface area contributed by atoms with Crippen LogP contribution in [0, 0.1) is 5.92 Å². The van der Waals surface area contributed by atoms with Crippen molar-refractivity contribution in [2.45, 2.75) is 40.8 Å². The Bertz CT molecular complexity index is 1020. The summed E-state index contributed by atoms with van der Waals surface area (Å²) in [5.41, 5.74) is 5.54. The number of alkyl carbamates (subject to hydrolysis) is 1. The number of alkyl halides is 3. The van der Waals surface area contributed by atoms with Gasteiger partial charge in [-0.05, 0) is 6.92 Å². The van der Waals surface area contributed by atoms with Crippen molar-refractivity contribution in [1.29, 1.82) is 0 Å². The fraction of sp³-hybridized carbons (Fsp3) is 0.550. The molecule has 0 aromatic heterocycles. The van der Waals surface area contributed by atoms with E-state index in [1.807, 2.05) is 0 Å². The number of nitrogens with zero attached hydrogens (tertiary/aromatic N) is 2. The van der Waals surface area contributed by atoms with Crippen molar-refractivity contribution in [1.82, 2.24) is 15.1 Å². The van der Waals surface area contributed by atoms with Crippen molar-refractivity contribution in [3.8, 4) is 0 Å². The summed E-state index contributed by atoms with van der Waals surface area (Å²) in [4.78, 5) is 64.5. The minimum atomic E-state index is -2.38.